The lowest BCUT2D eigenvalue weighted by Crippen LogP contribution is -1.95. The van der Waals surface area contributed by atoms with Crippen LogP contribution in [0.3, 0.4) is 0 Å². The van der Waals surface area contributed by atoms with Crippen LogP contribution >= 0.6 is 0 Å². The van der Waals surface area contributed by atoms with E-state index >= 15 is 0 Å². The first-order valence-corrected chi connectivity index (χ1v) is 3.66. The molecule has 0 atom stereocenters. The Morgan fingerprint density at radius 2 is 2.08 bits per heavy atom. The van der Waals surface area contributed by atoms with Gasteiger partial charge in [-0.05, 0) is 11.6 Å². The van der Waals surface area contributed by atoms with Crippen molar-refractivity contribution >= 4 is 0 Å². The van der Waals surface area contributed by atoms with Crippen LogP contribution in [0.2, 0.25) is 0 Å². The molecule has 1 radical (unpaired) electrons. The summed E-state index contributed by atoms with van der Waals surface area (Å²) in [6.45, 7) is 3.64. The molecule has 0 N–H and O–H groups in total. The van der Waals surface area contributed by atoms with Gasteiger partial charge in [0.25, 0.3) is 0 Å². The third-order valence-corrected chi connectivity index (χ3v) is 1.66. The topological polar surface area (TPSA) is 23.8 Å². The molecule has 0 spiro atoms. The highest BCUT2D eigenvalue weighted by molar-refractivity contribution is 5.40. The van der Waals surface area contributed by atoms with Crippen LogP contribution in [0.15, 0.2) is 18.2 Å². The van der Waals surface area contributed by atoms with Crippen LogP contribution < -0.4 is 0 Å². The lowest BCUT2D eigenvalue weighted by Gasteiger charge is -2.05. The Balaban J connectivity index is 3.25. The second-order valence-corrected chi connectivity index (χ2v) is 2.78. The molecule has 61 valence electrons. The predicted molar refractivity (Wildman–Crippen MR) is 44.8 cm³/mol. The van der Waals surface area contributed by atoms with E-state index in [4.69, 9.17) is 5.26 Å². The Kier molecular flexibility index (Phi) is 2.44. The molecule has 0 aliphatic rings. The molecule has 0 aromatic heterocycles. The fourth-order valence-electron chi connectivity index (χ4n) is 1.00. The highest BCUT2D eigenvalue weighted by Gasteiger charge is 2.09. The number of hydrogen-bond acceptors (Lipinski definition) is 1. The molecule has 1 aromatic carbocycles. The zero-order valence-corrected chi connectivity index (χ0v) is 7.06. The van der Waals surface area contributed by atoms with Gasteiger partial charge in [0.2, 0.25) is 0 Å². The fourth-order valence-corrected chi connectivity index (χ4v) is 1.00. The van der Waals surface area contributed by atoms with Crippen molar-refractivity contribution in [2.24, 2.45) is 0 Å². The lowest BCUT2D eigenvalue weighted by molar-refractivity contribution is 0.612. The molecule has 0 bridgehead atoms. The molecule has 0 unspecified atom stereocenters. The molecule has 1 nitrogen and oxygen atoms in total. The van der Waals surface area contributed by atoms with Crippen molar-refractivity contribution in [1.82, 2.24) is 0 Å². The normalized spacial score (nSPS) is 9.92. The van der Waals surface area contributed by atoms with Crippen LogP contribution in [0.1, 0.15) is 25.0 Å². The minimum absolute atomic E-state index is 0.105. The summed E-state index contributed by atoms with van der Waals surface area (Å²) in [5.74, 6) is 0.463. The maximum atomic E-state index is 13.3. The Labute approximate surface area is 71.4 Å². The van der Waals surface area contributed by atoms with Gasteiger partial charge in [-0.3, -0.25) is 0 Å². The molecular formula is C10H9FN. The van der Waals surface area contributed by atoms with Crippen molar-refractivity contribution in [2.45, 2.75) is 13.8 Å². The van der Waals surface area contributed by atoms with E-state index in [1.54, 1.807) is 18.2 Å². The molecule has 0 fully saturated rings. The molecule has 0 amide bonds. The SMILES string of the molecule is C[C](C)c1cccc(C#N)c1F. The Bertz CT molecular complexity index is 323. The first kappa shape index (κ1) is 8.73. The summed E-state index contributed by atoms with van der Waals surface area (Å²) in [6, 6.07) is 6.63. The molecule has 0 saturated heterocycles. The first-order chi connectivity index (χ1) is 5.66. The first-order valence-electron chi connectivity index (χ1n) is 3.66. The van der Waals surface area contributed by atoms with E-state index in [1.807, 2.05) is 13.8 Å². The van der Waals surface area contributed by atoms with E-state index in [9.17, 15) is 4.39 Å². The van der Waals surface area contributed by atoms with Crippen LogP contribution in [0.25, 0.3) is 0 Å². The molecule has 0 aliphatic heterocycles. The molecule has 1 aromatic rings. The molecule has 0 aliphatic carbocycles. The van der Waals surface area contributed by atoms with E-state index in [0.717, 1.165) is 5.92 Å². The van der Waals surface area contributed by atoms with Gasteiger partial charge in [-0.15, -0.1) is 0 Å². The van der Waals surface area contributed by atoms with E-state index in [0.29, 0.717) is 5.56 Å². The van der Waals surface area contributed by atoms with E-state index in [-0.39, 0.29) is 5.56 Å². The monoisotopic (exact) mass is 162 g/mol. The van der Waals surface area contributed by atoms with Gasteiger partial charge in [0.15, 0.2) is 0 Å². The summed E-state index contributed by atoms with van der Waals surface area (Å²) in [5, 5.41) is 8.53. The summed E-state index contributed by atoms with van der Waals surface area (Å²) in [7, 11) is 0. The number of nitriles is 1. The molecule has 12 heavy (non-hydrogen) atoms. The largest absolute Gasteiger partial charge is 0.205 e. The van der Waals surface area contributed by atoms with Gasteiger partial charge in [-0.25, -0.2) is 4.39 Å². The average molecular weight is 162 g/mol. The number of hydrogen-bond donors (Lipinski definition) is 0. The quantitative estimate of drug-likeness (QED) is 0.622. The van der Waals surface area contributed by atoms with Crippen molar-refractivity contribution in [2.75, 3.05) is 0 Å². The third-order valence-electron chi connectivity index (χ3n) is 1.66. The van der Waals surface area contributed by atoms with Crippen LogP contribution in [0.5, 0.6) is 0 Å². The van der Waals surface area contributed by atoms with Gasteiger partial charge < -0.3 is 0 Å². The van der Waals surface area contributed by atoms with Crippen LogP contribution in [0, 0.1) is 23.1 Å². The van der Waals surface area contributed by atoms with Gasteiger partial charge in [0.1, 0.15) is 11.9 Å². The summed E-state index contributed by atoms with van der Waals surface area (Å²) in [4.78, 5) is 0. The van der Waals surface area contributed by atoms with E-state index in [1.165, 1.54) is 6.07 Å². The molecule has 0 saturated carbocycles. The number of nitrogens with zero attached hydrogens (tertiary/aromatic N) is 1. The van der Waals surface area contributed by atoms with Crippen molar-refractivity contribution in [1.29, 1.82) is 5.26 Å². The highest BCUT2D eigenvalue weighted by atomic mass is 19.1. The maximum absolute atomic E-state index is 13.3. The molecular weight excluding hydrogens is 153 g/mol. The minimum atomic E-state index is -0.417. The third kappa shape index (κ3) is 1.45. The standard InChI is InChI=1S/C10H9FN/c1-7(2)9-5-3-4-8(6-12)10(9)11/h3-5H,1-2H3. The van der Waals surface area contributed by atoms with Crippen LogP contribution in [-0.2, 0) is 0 Å². The highest BCUT2D eigenvalue weighted by Crippen LogP contribution is 2.19. The summed E-state index contributed by atoms with van der Waals surface area (Å²) in [6.07, 6.45) is 0. The minimum Gasteiger partial charge on any atom is -0.205 e. The predicted octanol–water partition coefficient (Wildman–Crippen LogP) is 2.66. The van der Waals surface area contributed by atoms with Crippen molar-refractivity contribution in [3.05, 3.63) is 41.1 Å². The molecule has 1 rings (SSSR count). The maximum Gasteiger partial charge on any atom is 0.144 e. The summed E-state index contributed by atoms with van der Waals surface area (Å²) < 4.78 is 13.3. The van der Waals surface area contributed by atoms with Crippen LogP contribution in [0.4, 0.5) is 4.39 Å². The Morgan fingerprint density at radius 1 is 1.42 bits per heavy atom. The lowest BCUT2D eigenvalue weighted by atomic mass is 10.0. The summed E-state index contributed by atoms with van der Waals surface area (Å²) >= 11 is 0. The average Bonchev–Trinajstić information content (AvgIpc) is 2.04. The van der Waals surface area contributed by atoms with Crippen molar-refractivity contribution in [3.8, 4) is 6.07 Å². The van der Waals surface area contributed by atoms with E-state index < -0.39 is 5.82 Å². The fraction of sp³-hybridized carbons (Fsp3) is 0.200. The number of rotatable bonds is 1. The summed E-state index contributed by atoms with van der Waals surface area (Å²) in [5.41, 5.74) is 0.628. The Hall–Kier alpha value is -1.36. The Morgan fingerprint density at radius 3 is 2.58 bits per heavy atom. The van der Waals surface area contributed by atoms with Gasteiger partial charge >= 0.3 is 0 Å². The second-order valence-electron chi connectivity index (χ2n) is 2.78. The van der Waals surface area contributed by atoms with Crippen molar-refractivity contribution in [3.63, 3.8) is 0 Å². The molecule has 0 heterocycles. The van der Waals surface area contributed by atoms with Gasteiger partial charge in [0, 0.05) is 5.92 Å². The zero-order chi connectivity index (χ0) is 9.14. The number of benzene rings is 1. The number of halogens is 1. The van der Waals surface area contributed by atoms with Crippen LogP contribution in [-0.4, -0.2) is 0 Å². The zero-order valence-electron chi connectivity index (χ0n) is 7.06. The van der Waals surface area contributed by atoms with E-state index in [2.05, 4.69) is 0 Å². The van der Waals surface area contributed by atoms with Gasteiger partial charge in [-0.1, -0.05) is 26.0 Å². The van der Waals surface area contributed by atoms with Crippen molar-refractivity contribution < 1.29 is 4.39 Å². The molecule has 2 heteroatoms. The van der Waals surface area contributed by atoms with Gasteiger partial charge in [0.05, 0.1) is 5.56 Å². The second kappa shape index (κ2) is 3.36. The smallest absolute Gasteiger partial charge is 0.144 e. The van der Waals surface area contributed by atoms with Gasteiger partial charge in [-0.2, -0.15) is 5.26 Å².